The van der Waals surface area contributed by atoms with E-state index in [1.165, 1.54) is 32.1 Å². The van der Waals surface area contributed by atoms with Gasteiger partial charge in [0.2, 0.25) is 11.8 Å². The molecule has 0 radical (unpaired) electrons. The number of carboxylic acid groups (broad SMARTS) is 1. The third kappa shape index (κ3) is 6.61. The molecule has 1 atom stereocenters. The van der Waals surface area contributed by atoms with Gasteiger partial charge in [-0.15, -0.1) is 0 Å². The number of hydrogen-bond donors (Lipinski definition) is 3. The maximum atomic E-state index is 12.3. The highest BCUT2D eigenvalue weighted by molar-refractivity contribution is 5.85. The molecular formula is C20H34N2O4. The molecule has 0 aliphatic heterocycles. The molecule has 3 N–H and O–H groups in total. The predicted molar refractivity (Wildman–Crippen MR) is 99.6 cm³/mol. The predicted octanol–water partition coefficient (Wildman–Crippen LogP) is 3.00. The van der Waals surface area contributed by atoms with Gasteiger partial charge in [-0.25, -0.2) is 4.79 Å². The fourth-order valence-electron chi connectivity index (χ4n) is 4.28. The van der Waals surface area contributed by atoms with Crippen LogP contribution in [0.4, 0.5) is 0 Å². The Balaban J connectivity index is 1.69. The number of aliphatic carboxylic acids is 1. The summed E-state index contributed by atoms with van der Waals surface area (Å²) in [7, 11) is 0. The minimum atomic E-state index is -0.969. The molecule has 26 heavy (non-hydrogen) atoms. The number of carbonyl (C=O) groups excluding carboxylic acids is 2. The fourth-order valence-corrected chi connectivity index (χ4v) is 4.28. The van der Waals surface area contributed by atoms with Gasteiger partial charge >= 0.3 is 5.97 Å². The first-order chi connectivity index (χ1) is 12.5. The summed E-state index contributed by atoms with van der Waals surface area (Å²) in [5, 5.41) is 15.0. The lowest BCUT2D eigenvalue weighted by molar-refractivity contribution is -0.143. The van der Waals surface area contributed by atoms with Crippen LogP contribution in [0.5, 0.6) is 0 Å². The molecule has 0 aromatic rings. The Morgan fingerprint density at radius 2 is 1.65 bits per heavy atom. The van der Waals surface area contributed by atoms with Crippen LogP contribution in [0, 0.1) is 11.8 Å². The first-order valence-electron chi connectivity index (χ1n) is 10.3. The molecule has 0 aromatic carbocycles. The second-order valence-electron chi connectivity index (χ2n) is 8.01. The van der Waals surface area contributed by atoms with E-state index < -0.39 is 12.0 Å². The van der Waals surface area contributed by atoms with Gasteiger partial charge in [0, 0.05) is 18.4 Å². The standard InChI is InChI=1S/C20H34N2O4/c1-2-6-17(20(25)26)22-19(24)15-9-11-16(12-10-15)21-18(23)13-14-7-4-3-5-8-14/h14-17H,2-13H2,1H3,(H,21,23)(H,22,24)(H,25,26). The minimum Gasteiger partial charge on any atom is -0.480 e. The fraction of sp³-hybridized carbons (Fsp3) is 0.850. The van der Waals surface area contributed by atoms with E-state index in [0.717, 1.165) is 19.3 Å². The van der Waals surface area contributed by atoms with Crippen LogP contribution >= 0.6 is 0 Å². The normalized spacial score (nSPS) is 25.3. The molecule has 0 bridgehead atoms. The molecule has 0 saturated heterocycles. The highest BCUT2D eigenvalue weighted by atomic mass is 16.4. The summed E-state index contributed by atoms with van der Waals surface area (Å²) >= 11 is 0. The van der Waals surface area contributed by atoms with Gasteiger partial charge < -0.3 is 15.7 Å². The van der Waals surface area contributed by atoms with Crippen molar-refractivity contribution in [3.63, 3.8) is 0 Å². The van der Waals surface area contributed by atoms with Crippen LogP contribution in [0.3, 0.4) is 0 Å². The van der Waals surface area contributed by atoms with Crippen molar-refractivity contribution in [1.82, 2.24) is 10.6 Å². The van der Waals surface area contributed by atoms with Crippen LogP contribution in [-0.4, -0.2) is 35.0 Å². The van der Waals surface area contributed by atoms with Crippen molar-refractivity contribution in [2.24, 2.45) is 11.8 Å². The number of carboxylic acids is 1. The lowest BCUT2D eigenvalue weighted by atomic mass is 9.84. The van der Waals surface area contributed by atoms with E-state index in [4.69, 9.17) is 5.11 Å². The largest absolute Gasteiger partial charge is 0.480 e. The lowest BCUT2D eigenvalue weighted by Crippen LogP contribution is -2.46. The number of carbonyl (C=O) groups is 3. The number of rotatable bonds is 8. The highest BCUT2D eigenvalue weighted by Gasteiger charge is 2.30. The van der Waals surface area contributed by atoms with Crippen molar-refractivity contribution in [3.8, 4) is 0 Å². The zero-order valence-corrected chi connectivity index (χ0v) is 16.0. The smallest absolute Gasteiger partial charge is 0.326 e. The lowest BCUT2D eigenvalue weighted by Gasteiger charge is -2.30. The van der Waals surface area contributed by atoms with Gasteiger partial charge in [0.25, 0.3) is 0 Å². The molecule has 2 fully saturated rings. The van der Waals surface area contributed by atoms with Gasteiger partial charge in [-0.1, -0.05) is 32.6 Å². The summed E-state index contributed by atoms with van der Waals surface area (Å²) in [5.41, 5.74) is 0. The Kier molecular flexibility index (Phi) is 8.39. The van der Waals surface area contributed by atoms with Crippen LogP contribution < -0.4 is 10.6 Å². The van der Waals surface area contributed by atoms with E-state index in [0.29, 0.717) is 31.6 Å². The van der Waals surface area contributed by atoms with Gasteiger partial charge in [0.15, 0.2) is 0 Å². The van der Waals surface area contributed by atoms with Crippen molar-refractivity contribution >= 4 is 17.8 Å². The Bertz CT molecular complexity index is 480. The van der Waals surface area contributed by atoms with E-state index in [9.17, 15) is 14.4 Å². The Morgan fingerprint density at radius 3 is 2.23 bits per heavy atom. The number of amides is 2. The second-order valence-corrected chi connectivity index (χ2v) is 8.01. The highest BCUT2D eigenvalue weighted by Crippen LogP contribution is 2.27. The van der Waals surface area contributed by atoms with Crippen molar-refractivity contribution in [1.29, 1.82) is 0 Å². The van der Waals surface area contributed by atoms with Crippen molar-refractivity contribution in [3.05, 3.63) is 0 Å². The van der Waals surface area contributed by atoms with Gasteiger partial charge in [-0.05, 0) is 50.9 Å². The monoisotopic (exact) mass is 366 g/mol. The van der Waals surface area contributed by atoms with Crippen molar-refractivity contribution in [2.45, 2.75) is 96.1 Å². The third-order valence-corrected chi connectivity index (χ3v) is 5.85. The molecule has 0 aromatic heterocycles. The minimum absolute atomic E-state index is 0.139. The van der Waals surface area contributed by atoms with Crippen molar-refractivity contribution in [2.75, 3.05) is 0 Å². The molecule has 6 nitrogen and oxygen atoms in total. The van der Waals surface area contributed by atoms with E-state index in [2.05, 4.69) is 10.6 Å². The summed E-state index contributed by atoms with van der Waals surface area (Å²) in [4.78, 5) is 35.7. The molecule has 1 unspecified atom stereocenters. The van der Waals surface area contributed by atoms with Crippen LogP contribution in [0.1, 0.15) is 84.0 Å². The molecule has 0 spiro atoms. The quantitative estimate of drug-likeness (QED) is 0.615. The van der Waals surface area contributed by atoms with Gasteiger partial charge in [-0.2, -0.15) is 0 Å². The first-order valence-corrected chi connectivity index (χ1v) is 10.3. The Labute approximate surface area is 156 Å². The number of hydrogen-bond acceptors (Lipinski definition) is 3. The molecular weight excluding hydrogens is 332 g/mol. The van der Waals surface area contributed by atoms with Crippen LogP contribution in [-0.2, 0) is 14.4 Å². The van der Waals surface area contributed by atoms with Gasteiger partial charge in [0.05, 0.1) is 0 Å². The molecule has 2 aliphatic rings. The van der Waals surface area contributed by atoms with Crippen LogP contribution in [0.2, 0.25) is 0 Å². The molecule has 6 heteroatoms. The van der Waals surface area contributed by atoms with E-state index in [1.807, 2.05) is 6.92 Å². The first kappa shape index (κ1) is 20.7. The second kappa shape index (κ2) is 10.5. The maximum absolute atomic E-state index is 12.3. The average Bonchev–Trinajstić information content (AvgIpc) is 2.62. The zero-order chi connectivity index (χ0) is 18.9. The molecule has 2 amide bonds. The van der Waals surface area contributed by atoms with E-state index >= 15 is 0 Å². The van der Waals surface area contributed by atoms with Gasteiger partial charge in [0.1, 0.15) is 6.04 Å². The van der Waals surface area contributed by atoms with E-state index in [1.54, 1.807) is 0 Å². The summed E-state index contributed by atoms with van der Waals surface area (Å²) in [6, 6.07) is -0.638. The van der Waals surface area contributed by atoms with Crippen LogP contribution in [0.15, 0.2) is 0 Å². The maximum Gasteiger partial charge on any atom is 0.326 e. The van der Waals surface area contributed by atoms with Crippen molar-refractivity contribution < 1.29 is 19.5 Å². The number of nitrogens with one attached hydrogen (secondary N) is 2. The molecule has 2 aliphatic carbocycles. The zero-order valence-electron chi connectivity index (χ0n) is 16.0. The van der Waals surface area contributed by atoms with Gasteiger partial charge in [-0.3, -0.25) is 9.59 Å². The summed E-state index contributed by atoms with van der Waals surface area (Å²) in [6.07, 6.45) is 10.9. The molecule has 0 heterocycles. The van der Waals surface area contributed by atoms with E-state index in [-0.39, 0.29) is 23.8 Å². The molecule has 148 valence electrons. The summed E-state index contributed by atoms with van der Waals surface area (Å²) < 4.78 is 0. The Morgan fingerprint density at radius 1 is 1.00 bits per heavy atom. The topological polar surface area (TPSA) is 95.5 Å². The average molecular weight is 367 g/mol. The SMILES string of the molecule is CCCC(NC(=O)C1CCC(NC(=O)CC2CCCCC2)CC1)C(=O)O. The van der Waals surface area contributed by atoms with Crippen LogP contribution in [0.25, 0.3) is 0 Å². The summed E-state index contributed by atoms with van der Waals surface area (Å²) in [5.74, 6) is -0.571. The third-order valence-electron chi connectivity index (χ3n) is 5.85. The molecule has 2 saturated carbocycles. The molecule has 2 rings (SSSR count). The summed E-state index contributed by atoms with van der Waals surface area (Å²) in [6.45, 7) is 1.91. The Hall–Kier alpha value is -1.59.